The van der Waals surface area contributed by atoms with Crippen molar-refractivity contribution in [1.82, 2.24) is 15.1 Å². The number of H-pyrrole nitrogens is 1. The van der Waals surface area contributed by atoms with Crippen LogP contribution in [-0.2, 0) is 11.3 Å². The van der Waals surface area contributed by atoms with Crippen molar-refractivity contribution >= 4 is 0 Å². The molecule has 0 aliphatic carbocycles. The van der Waals surface area contributed by atoms with E-state index in [4.69, 9.17) is 4.74 Å². The van der Waals surface area contributed by atoms with Crippen molar-refractivity contribution in [3.05, 3.63) is 41.8 Å². The summed E-state index contributed by atoms with van der Waals surface area (Å²) in [6.07, 6.45) is 2.51. The zero-order valence-corrected chi connectivity index (χ0v) is 14.6. The number of rotatable bonds is 3. The fraction of sp³-hybridized carbons (Fsp3) is 0.526. The van der Waals surface area contributed by atoms with Crippen LogP contribution in [-0.4, -0.2) is 62.8 Å². The average molecular weight is 361 g/mol. The highest BCUT2D eigenvalue weighted by molar-refractivity contribution is 5.62. The maximum Gasteiger partial charge on any atom is 0.123 e. The maximum absolute atomic E-state index is 13.1. The molecule has 0 saturated carbocycles. The first kappa shape index (κ1) is 17.6. The Balaban J connectivity index is 1.40. The summed E-state index contributed by atoms with van der Waals surface area (Å²) in [6.45, 7) is 2.68. The summed E-state index contributed by atoms with van der Waals surface area (Å²) < 4.78 is 19.0. The molecule has 3 heterocycles. The minimum atomic E-state index is -0.775. The number of aromatic nitrogens is 2. The second kappa shape index (κ2) is 7.08. The van der Waals surface area contributed by atoms with Gasteiger partial charge in [0.05, 0.1) is 30.2 Å². The minimum absolute atomic E-state index is 0.206. The molecule has 1 aromatic heterocycles. The molecule has 2 aromatic rings. The first-order chi connectivity index (χ1) is 12.5. The van der Waals surface area contributed by atoms with E-state index >= 15 is 0 Å². The number of nitrogens with one attached hydrogen (secondary N) is 1. The van der Waals surface area contributed by atoms with Gasteiger partial charge in [-0.2, -0.15) is 5.10 Å². The lowest BCUT2D eigenvalue weighted by Crippen LogP contribution is -2.54. The molecule has 0 radical (unpaired) electrons. The third-order valence-electron chi connectivity index (χ3n) is 5.60. The van der Waals surface area contributed by atoms with E-state index in [1.54, 1.807) is 12.1 Å². The Morgan fingerprint density at radius 3 is 2.62 bits per heavy atom. The van der Waals surface area contributed by atoms with Crippen LogP contribution < -0.4 is 0 Å². The van der Waals surface area contributed by atoms with Crippen LogP contribution in [0.5, 0.6) is 0 Å². The predicted molar refractivity (Wildman–Crippen MR) is 93.8 cm³/mol. The van der Waals surface area contributed by atoms with Gasteiger partial charge in [0.2, 0.25) is 0 Å². The summed E-state index contributed by atoms with van der Waals surface area (Å²) >= 11 is 0. The third kappa shape index (κ3) is 3.53. The predicted octanol–water partition coefficient (Wildman–Crippen LogP) is 1.69. The van der Waals surface area contributed by atoms with E-state index in [1.165, 1.54) is 12.1 Å². The lowest BCUT2D eigenvalue weighted by Gasteiger charge is -2.46. The number of halogens is 1. The molecule has 2 aliphatic rings. The van der Waals surface area contributed by atoms with Gasteiger partial charge in [0.1, 0.15) is 11.9 Å². The molecule has 0 unspecified atom stereocenters. The Labute approximate surface area is 151 Å². The van der Waals surface area contributed by atoms with E-state index in [0.29, 0.717) is 6.42 Å². The Morgan fingerprint density at radius 1 is 1.19 bits per heavy atom. The number of piperidine rings is 1. The third-order valence-corrected chi connectivity index (χ3v) is 5.60. The average Bonchev–Trinajstić information content (AvgIpc) is 3.10. The number of aromatic amines is 1. The SMILES string of the molecule is O[C@@H]1CC2(CCN(Cc3cn[nH]c3-c3ccc(F)cc3)CC2)OC[C@@H]1O. The van der Waals surface area contributed by atoms with E-state index in [1.807, 2.05) is 6.20 Å². The number of aliphatic hydroxyl groups excluding tert-OH is 2. The summed E-state index contributed by atoms with van der Waals surface area (Å²) in [5.41, 5.74) is 2.59. The summed E-state index contributed by atoms with van der Waals surface area (Å²) in [6, 6.07) is 6.40. The summed E-state index contributed by atoms with van der Waals surface area (Å²) in [5.74, 6) is -0.254. The minimum Gasteiger partial charge on any atom is -0.390 e. The number of likely N-dealkylation sites (tertiary alicyclic amines) is 1. The first-order valence-electron chi connectivity index (χ1n) is 9.05. The fourth-order valence-electron chi connectivity index (χ4n) is 3.95. The lowest BCUT2D eigenvalue weighted by atomic mass is 9.82. The molecule has 0 bridgehead atoms. The van der Waals surface area contributed by atoms with Crippen LogP contribution in [0.15, 0.2) is 30.5 Å². The van der Waals surface area contributed by atoms with Crippen molar-refractivity contribution in [2.75, 3.05) is 19.7 Å². The van der Waals surface area contributed by atoms with Crippen LogP contribution in [0.4, 0.5) is 4.39 Å². The van der Waals surface area contributed by atoms with Gasteiger partial charge in [-0.15, -0.1) is 0 Å². The van der Waals surface area contributed by atoms with Gasteiger partial charge in [-0.1, -0.05) is 0 Å². The standard InChI is InChI=1S/C19H24FN3O3/c20-15-3-1-13(2-4-15)18-14(10-21-22-18)11-23-7-5-19(6-8-23)9-16(24)17(25)12-26-19/h1-4,10,16-17,24-25H,5-9,11-12H2,(H,21,22)/t16-,17+/m1/s1. The molecule has 4 rings (SSSR count). The number of hydrogen-bond acceptors (Lipinski definition) is 5. The van der Waals surface area contributed by atoms with E-state index in [9.17, 15) is 14.6 Å². The largest absolute Gasteiger partial charge is 0.390 e. The van der Waals surface area contributed by atoms with Crippen LogP contribution in [0.2, 0.25) is 0 Å². The van der Waals surface area contributed by atoms with Crippen LogP contribution in [0.25, 0.3) is 11.3 Å². The van der Waals surface area contributed by atoms with Gasteiger partial charge in [-0.3, -0.25) is 10.00 Å². The van der Waals surface area contributed by atoms with Gasteiger partial charge >= 0.3 is 0 Å². The van der Waals surface area contributed by atoms with Gasteiger partial charge < -0.3 is 14.9 Å². The zero-order chi connectivity index (χ0) is 18.1. The molecule has 1 spiro atoms. The number of nitrogens with zero attached hydrogens (tertiary/aromatic N) is 2. The normalized spacial score (nSPS) is 26.3. The summed E-state index contributed by atoms with van der Waals surface area (Å²) in [7, 11) is 0. The van der Waals surface area contributed by atoms with Crippen molar-refractivity contribution < 1.29 is 19.3 Å². The van der Waals surface area contributed by atoms with Gasteiger partial charge in [0.15, 0.2) is 0 Å². The molecule has 140 valence electrons. The van der Waals surface area contributed by atoms with E-state index in [2.05, 4.69) is 15.1 Å². The number of hydrogen-bond donors (Lipinski definition) is 3. The zero-order valence-electron chi connectivity index (χ0n) is 14.6. The Hall–Kier alpha value is -1.80. The van der Waals surface area contributed by atoms with Gasteiger partial charge in [0.25, 0.3) is 0 Å². The van der Waals surface area contributed by atoms with Crippen LogP contribution in [0.1, 0.15) is 24.8 Å². The van der Waals surface area contributed by atoms with Crippen molar-refractivity contribution in [2.45, 2.75) is 43.6 Å². The summed E-state index contributed by atoms with van der Waals surface area (Å²) in [4.78, 5) is 2.34. The quantitative estimate of drug-likeness (QED) is 0.775. The van der Waals surface area contributed by atoms with Crippen molar-refractivity contribution in [3.8, 4) is 11.3 Å². The Bertz CT molecular complexity index is 741. The Morgan fingerprint density at radius 2 is 1.92 bits per heavy atom. The molecule has 2 fully saturated rings. The molecule has 1 aromatic carbocycles. The highest BCUT2D eigenvalue weighted by Gasteiger charge is 2.42. The van der Waals surface area contributed by atoms with E-state index in [-0.39, 0.29) is 18.0 Å². The van der Waals surface area contributed by atoms with Crippen molar-refractivity contribution in [1.29, 1.82) is 0 Å². The van der Waals surface area contributed by atoms with Gasteiger partial charge in [-0.25, -0.2) is 4.39 Å². The number of ether oxygens (including phenoxy) is 1. The number of benzene rings is 1. The molecule has 2 aliphatic heterocycles. The van der Waals surface area contributed by atoms with E-state index < -0.39 is 12.2 Å². The van der Waals surface area contributed by atoms with Crippen LogP contribution in [0, 0.1) is 5.82 Å². The second-order valence-corrected chi connectivity index (χ2v) is 7.39. The van der Waals surface area contributed by atoms with Gasteiger partial charge in [0, 0.05) is 37.2 Å². The molecular formula is C19H24FN3O3. The lowest BCUT2D eigenvalue weighted by molar-refractivity contribution is -0.188. The molecule has 7 heteroatoms. The first-order valence-corrected chi connectivity index (χ1v) is 9.05. The fourth-order valence-corrected chi connectivity index (χ4v) is 3.95. The molecule has 6 nitrogen and oxygen atoms in total. The van der Waals surface area contributed by atoms with Crippen molar-refractivity contribution in [3.63, 3.8) is 0 Å². The smallest absolute Gasteiger partial charge is 0.123 e. The second-order valence-electron chi connectivity index (χ2n) is 7.39. The summed E-state index contributed by atoms with van der Waals surface area (Å²) in [5, 5.41) is 26.8. The molecule has 3 N–H and O–H groups in total. The topological polar surface area (TPSA) is 81.6 Å². The highest BCUT2D eigenvalue weighted by atomic mass is 19.1. The van der Waals surface area contributed by atoms with E-state index in [0.717, 1.165) is 49.3 Å². The monoisotopic (exact) mass is 361 g/mol. The Kier molecular flexibility index (Phi) is 4.79. The van der Waals surface area contributed by atoms with Crippen LogP contribution in [0.3, 0.4) is 0 Å². The molecule has 2 saturated heterocycles. The number of aliphatic hydroxyl groups is 2. The van der Waals surface area contributed by atoms with Crippen molar-refractivity contribution in [2.24, 2.45) is 0 Å². The molecule has 2 atom stereocenters. The maximum atomic E-state index is 13.1. The molecule has 26 heavy (non-hydrogen) atoms. The molecular weight excluding hydrogens is 337 g/mol. The van der Waals surface area contributed by atoms with Gasteiger partial charge in [-0.05, 0) is 37.1 Å². The molecule has 0 amide bonds. The van der Waals surface area contributed by atoms with Crippen LogP contribution >= 0.6 is 0 Å². The highest BCUT2D eigenvalue weighted by Crippen LogP contribution is 2.36.